The fourth-order valence-corrected chi connectivity index (χ4v) is 5.84. The fourth-order valence-electron chi connectivity index (χ4n) is 5.84. The Morgan fingerprint density at radius 2 is 2.00 bits per heavy atom. The second kappa shape index (κ2) is 5.34. The van der Waals surface area contributed by atoms with Crippen molar-refractivity contribution in [1.29, 1.82) is 0 Å². The molecule has 1 aliphatic heterocycles. The lowest BCUT2D eigenvalue weighted by Crippen LogP contribution is -2.60. The molecule has 2 unspecified atom stereocenters. The zero-order valence-electron chi connectivity index (χ0n) is 14.4. The molecule has 124 valence electrons. The topological polar surface area (TPSA) is 29.5 Å². The first kappa shape index (κ1) is 15.2. The average molecular weight is 313 g/mol. The molecule has 1 saturated heterocycles. The second-order valence-corrected chi connectivity index (χ2v) is 7.97. The van der Waals surface area contributed by atoms with Gasteiger partial charge in [-0.05, 0) is 74.4 Å². The summed E-state index contributed by atoms with van der Waals surface area (Å²) in [5.41, 5.74) is 3.81. The summed E-state index contributed by atoms with van der Waals surface area (Å²) < 4.78 is 5.32. The van der Waals surface area contributed by atoms with E-state index in [0.29, 0.717) is 16.6 Å². The van der Waals surface area contributed by atoms with E-state index in [9.17, 15) is 4.79 Å². The van der Waals surface area contributed by atoms with E-state index in [0.717, 1.165) is 6.42 Å². The van der Waals surface area contributed by atoms with E-state index in [1.807, 2.05) is 6.07 Å². The fraction of sp³-hybridized carbons (Fsp3) is 0.650. The van der Waals surface area contributed by atoms with Gasteiger partial charge in [0.05, 0.1) is 0 Å². The molecule has 2 aliphatic carbocycles. The number of likely N-dealkylation sites (tertiary alicyclic amines) is 1. The molecule has 0 aromatic heterocycles. The Bertz CT molecular complexity index is 641. The van der Waals surface area contributed by atoms with Crippen LogP contribution in [0, 0.1) is 5.41 Å². The Hall–Kier alpha value is -1.35. The maximum atomic E-state index is 11.2. The third kappa shape index (κ3) is 2.24. The number of hydrogen-bond donors (Lipinski definition) is 0. The van der Waals surface area contributed by atoms with Gasteiger partial charge < -0.3 is 9.64 Å². The first-order valence-corrected chi connectivity index (χ1v) is 9.05. The number of carbonyl (C=O) groups is 1. The van der Waals surface area contributed by atoms with Crippen molar-refractivity contribution in [3.63, 3.8) is 0 Å². The van der Waals surface area contributed by atoms with E-state index in [1.165, 1.54) is 64.1 Å². The predicted octanol–water partition coefficient (Wildman–Crippen LogP) is 3.69. The van der Waals surface area contributed by atoms with Crippen LogP contribution in [0.3, 0.4) is 0 Å². The maximum Gasteiger partial charge on any atom is 0.308 e. The van der Waals surface area contributed by atoms with Gasteiger partial charge in [0.15, 0.2) is 0 Å². The molecule has 0 radical (unpaired) electrons. The van der Waals surface area contributed by atoms with Crippen LogP contribution in [0.25, 0.3) is 0 Å². The number of rotatable bonds is 1. The van der Waals surface area contributed by atoms with Crippen LogP contribution < -0.4 is 4.74 Å². The molecule has 0 spiro atoms. The monoisotopic (exact) mass is 313 g/mol. The minimum Gasteiger partial charge on any atom is -0.427 e. The van der Waals surface area contributed by atoms with Crippen molar-refractivity contribution >= 4 is 5.97 Å². The van der Waals surface area contributed by atoms with E-state index in [1.54, 1.807) is 5.56 Å². The third-order valence-corrected chi connectivity index (χ3v) is 6.74. The van der Waals surface area contributed by atoms with Gasteiger partial charge in [-0.1, -0.05) is 18.9 Å². The Balaban J connectivity index is 1.79. The van der Waals surface area contributed by atoms with E-state index in [4.69, 9.17) is 4.74 Å². The lowest BCUT2D eigenvalue weighted by Gasteiger charge is -2.62. The van der Waals surface area contributed by atoms with Crippen molar-refractivity contribution in [3.8, 4) is 5.75 Å². The standard InChI is InChI=1S/C20H27NO2/c1-15(22)23-17-5-6-18-16(13-17)7-10-19-8-3-4-9-20(18,19)11-12-21(2)14-19/h5-6,13H,3-4,7-12,14H2,1-2H3. The number of aryl methyl sites for hydroxylation is 1. The zero-order valence-corrected chi connectivity index (χ0v) is 14.4. The first-order valence-electron chi connectivity index (χ1n) is 9.05. The molecule has 1 heterocycles. The molecule has 3 nitrogen and oxygen atoms in total. The number of ether oxygens (including phenoxy) is 1. The van der Waals surface area contributed by atoms with Crippen molar-refractivity contribution in [2.45, 2.75) is 57.3 Å². The summed E-state index contributed by atoms with van der Waals surface area (Å²) in [6, 6.07) is 6.42. The van der Waals surface area contributed by atoms with Gasteiger partial charge in [0.1, 0.15) is 5.75 Å². The smallest absolute Gasteiger partial charge is 0.308 e. The minimum atomic E-state index is -0.231. The number of esters is 1. The quantitative estimate of drug-likeness (QED) is 0.585. The SMILES string of the molecule is CC(=O)Oc1ccc2c(c1)CCC13CCCCC21CCN(C)C3. The molecule has 0 N–H and O–H groups in total. The molecule has 1 aromatic rings. The predicted molar refractivity (Wildman–Crippen MR) is 90.8 cm³/mol. The molecule has 1 saturated carbocycles. The van der Waals surface area contributed by atoms with Crippen LogP contribution in [0.1, 0.15) is 56.6 Å². The summed E-state index contributed by atoms with van der Waals surface area (Å²) in [7, 11) is 2.28. The van der Waals surface area contributed by atoms with Crippen molar-refractivity contribution < 1.29 is 9.53 Å². The minimum absolute atomic E-state index is 0.231. The molecule has 0 bridgehead atoms. The maximum absolute atomic E-state index is 11.2. The molecule has 0 amide bonds. The molecule has 4 rings (SSSR count). The first-order chi connectivity index (χ1) is 11.0. The van der Waals surface area contributed by atoms with Crippen LogP contribution in [-0.4, -0.2) is 31.0 Å². The molecular formula is C20H27NO2. The number of benzene rings is 1. The number of fused-ring (bicyclic) bond motifs is 1. The molecule has 3 heteroatoms. The normalized spacial score (nSPS) is 33.3. The van der Waals surface area contributed by atoms with Crippen molar-refractivity contribution in [3.05, 3.63) is 29.3 Å². The third-order valence-electron chi connectivity index (χ3n) is 6.74. The molecule has 2 fully saturated rings. The van der Waals surface area contributed by atoms with Gasteiger partial charge in [-0.3, -0.25) is 4.79 Å². The number of hydrogen-bond acceptors (Lipinski definition) is 3. The van der Waals surface area contributed by atoms with E-state index >= 15 is 0 Å². The van der Waals surface area contributed by atoms with Gasteiger partial charge in [0, 0.05) is 18.9 Å². The molecular weight excluding hydrogens is 286 g/mol. The van der Waals surface area contributed by atoms with Crippen LogP contribution in [0.15, 0.2) is 18.2 Å². The van der Waals surface area contributed by atoms with Gasteiger partial charge >= 0.3 is 5.97 Å². The van der Waals surface area contributed by atoms with Crippen molar-refractivity contribution in [2.75, 3.05) is 20.1 Å². The van der Waals surface area contributed by atoms with E-state index < -0.39 is 0 Å². The molecule has 3 aliphatic rings. The Morgan fingerprint density at radius 1 is 1.17 bits per heavy atom. The lowest BCUT2D eigenvalue weighted by atomic mass is 9.46. The molecule has 1 aromatic carbocycles. The summed E-state index contributed by atoms with van der Waals surface area (Å²) in [5.74, 6) is 0.481. The van der Waals surface area contributed by atoms with Crippen LogP contribution >= 0.6 is 0 Å². The zero-order chi connectivity index (χ0) is 16.1. The number of piperidine rings is 1. The highest BCUT2D eigenvalue weighted by Crippen LogP contribution is 2.61. The largest absolute Gasteiger partial charge is 0.427 e. The highest BCUT2D eigenvalue weighted by molar-refractivity contribution is 5.69. The summed E-state index contributed by atoms with van der Waals surface area (Å²) in [6.45, 7) is 3.92. The highest BCUT2D eigenvalue weighted by atomic mass is 16.5. The number of nitrogens with zero attached hydrogens (tertiary/aromatic N) is 1. The molecule has 23 heavy (non-hydrogen) atoms. The van der Waals surface area contributed by atoms with Crippen LogP contribution in [-0.2, 0) is 16.6 Å². The molecule has 2 atom stereocenters. The summed E-state index contributed by atoms with van der Waals surface area (Å²) >= 11 is 0. The van der Waals surface area contributed by atoms with E-state index in [2.05, 4.69) is 24.1 Å². The average Bonchev–Trinajstić information content (AvgIpc) is 2.52. The van der Waals surface area contributed by atoms with Crippen LogP contribution in [0.4, 0.5) is 0 Å². The Labute approximate surface area is 139 Å². The Kier molecular flexibility index (Phi) is 3.53. The van der Waals surface area contributed by atoms with Crippen molar-refractivity contribution in [2.24, 2.45) is 5.41 Å². The van der Waals surface area contributed by atoms with Crippen LogP contribution in [0.5, 0.6) is 5.75 Å². The van der Waals surface area contributed by atoms with Gasteiger partial charge in [0.2, 0.25) is 0 Å². The highest BCUT2D eigenvalue weighted by Gasteiger charge is 2.57. The Morgan fingerprint density at radius 3 is 2.83 bits per heavy atom. The summed E-state index contributed by atoms with van der Waals surface area (Å²) in [6.07, 6.45) is 9.15. The lowest BCUT2D eigenvalue weighted by molar-refractivity contribution is -0.131. The van der Waals surface area contributed by atoms with Gasteiger partial charge in [-0.25, -0.2) is 0 Å². The second-order valence-electron chi connectivity index (χ2n) is 7.97. The van der Waals surface area contributed by atoms with Crippen molar-refractivity contribution in [1.82, 2.24) is 4.90 Å². The van der Waals surface area contributed by atoms with Gasteiger partial charge in [-0.15, -0.1) is 0 Å². The summed E-state index contributed by atoms with van der Waals surface area (Å²) in [4.78, 5) is 13.8. The van der Waals surface area contributed by atoms with Crippen LogP contribution in [0.2, 0.25) is 0 Å². The van der Waals surface area contributed by atoms with E-state index in [-0.39, 0.29) is 5.97 Å². The van der Waals surface area contributed by atoms with Gasteiger partial charge in [-0.2, -0.15) is 0 Å². The summed E-state index contributed by atoms with van der Waals surface area (Å²) in [5, 5.41) is 0. The van der Waals surface area contributed by atoms with Gasteiger partial charge in [0.25, 0.3) is 0 Å². The number of carbonyl (C=O) groups excluding carboxylic acids is 1.